The third-order valence-electron chi connectivity index (χ3n) is 4.45. The minimum Gasteiger partial charge on any atom is -0.478 e. The summed E-state index contributed by atoms with van der Waals surface area (Å²) in [6.45, 7) is 4.26. The van der Waals surface area contributed by atoms with E-state index in [2.05, 4.69) is 13.8 Å². The summed E-state index contributed by atoms with van der Waals surface area (Å²) >= 11 is 0. The molecule has 24 heavy (non-hydrogen) atoms. The van der Waals surface area contributed by atoms with Crippen LogP contribution in [0.5, 0.6) is 0 Å². The van der Waals surface area contributed by atoms with Gasteiger partial charge in [0, 0.05) is 0 Å². The van der Waals surface area contributed by atoms with Crippen LogP contribution >= 0.6 is 0 Å². The Morgan fingerprint density at radius 3 is 1.38 bits per heavy atom. The van der Waals surface area contributed by atoms with E-state index in [9.17, 15) is 19.8 Å². The number of hydrogen-bond donors (Lipinski definition) is 2. The van der Waals surface area contributed by atoms with Crippen molar-refractivity contribution in [2.75, 3.05) is 0 Å². The van der Waals surface area contributed by atoms with Crippen LogP contribution in [0.2, 0.25) is 0 Å². The van der Waals surface area contributed by atoms with Gasteiger partial charge in [-0.3, -0.25) is 0 Å². The molecule has 0 aliphatic heterocycles. The maximum atomic E-state index is 11.6. The number of carbonyl (C=O) groups is 2. The third kappa shape index (κ3) is 5.99. The first-order valence-electron chi connectivity index (χ1n) is 9.14. The Labute approximate surface area is 144 Å². The first-order valence-corrected chi connectivity index (χ1v) is 9.14. The van der Waals surface area contributed by atoms with Crippen LogP contribution in [-0.2, 0) is 12.8 Å². The lowest BCUT2D eigenvalue weighted by Crippen LogP contribution is -2.12. The minimum absolute atomic E-state index is 0.266. The monoisotopic (exact) mass is 334 g/mol. The van der Waals surface area contributed by atoms with E-state index in [1.807, 2.05) is 0 Å². The number of carboxylic acids is 2. The normalized spacial score (nSPS) is 10.8. The number of carboxylic acid groups (broad SMARTS) is 2. The fraction of sp³-hybridized carbons (Fsp3) is 0.600. The second-order valence-electron chi connectivity index (χ2n) is 6.35. The number of rotatable bonds is 12. The third-order valence-corrected chi connectivity index (χ3v) is 4.45. The molecule has 0 aliphatic carbocycles. The van der Waals surface area contributed by atoms with Gasteiger partial charge in [-0.15, -0.1) is 0 Å². The zero-order valence-corrected chi connectivity index (χ0v) is 14.9. The number of hydrogen-bond acceptors (Lipinski definition) is 2. The van der Waals surface area contributed by atoms with E-state index in [1.165, 1.54) is 12.1 Å². The largest absolute Gasteiger partial charge is 0.478 e. The standard InChI is InChI=1S/C20H30O4/c1-3-5-7-9-11-15-16(12-10-8-6-4-2)18(20(23)24)14-13-17(15)19(21)22/h13-14H,3-12H2,1-2H3,(H,21,22)(H,23,24). The molecule has 2 N–H and O–H groups in total. The van der Waals surface area contributed by atoms with Crippen molar-refractivity contribution in [2.24, 2.45) is 0 Å². The molecule has 0 aromatic heterocycles. The van der Waals surface area contributed by atoms with Crippen molar-refractivity contribution in [2.45, 2.75) is 78.1 Å². The summed E-state index contributed by atoms with van der Waals surface area (Å²) in [6.07, 6.45) is 9.65. The minimum atomic E-state index is -0.966. The summed E-state index contributed by atoms with van der Waals surface area (Å²) in [6, 6.07) is 2.91. The smallest absolute Gasteiger partial charge is 0.335 e. The van der Waals surface area contributed by atoms with Gasteiger partial charge in [-0.25, -0.2) is 9.59 Å². The average Bonchev–Trinajstić information content (AvgIpc) is 2.55. The molecule has 0 aliphatic rings. The van der Waals surface area contributed by atoms with Gasteiger partial charge >= 0.3 is 11.9 Å². The van der Waals surface area contributed by atoms with Crippen LogP contribution in [0.3, 0.4) is 0 Å². The van der Waals surface area contributed by atoms with Crippen LogP contribution in [-0.4, -0.2) is 22.2 Å². The topological polar surface area (TPSA) is 74.6 Å². The molecule has 1 rings (SSSR count). The molecule has 0 atom stereocenters. The van der Waals surface area contributed by atoms with Crippen LogP contribution in [0.25, 0.3) is 0 Å². The Morgan fingerprint density at radius 1 is 0.708 bits per heavy atom. The molecule has 0 heterocycles. The van der Waals surface area contributed by atoms with Crippen molar-refractivity contribution in [1.82, 2.24) is 0 Å². The molecule has 0 bridgehead atoms. The van der Waals surface area contributed by atoms with Gasteiger partial charge < -0.3 is 10.2 Å². The van der Waals surface area contributed by atoms with Gasteiger partial charge in [0.2, 0.25) is 0 Å². The first kappa shape index (κ1) is 20.2. The van der Waals surface area contributed by atoms with Gasteiger partial charge in [0.15, 0.2) is 0 Å². The van der Waals surface area contributed by atoms with Crippen molar-refractivity contribution in [1.29, 1.82) is 0 Å². The fourth-order valence-corrected chi connectivity index (χ4v) is 3.12. The molecule has 1 aromatic carbocycles. The Hall–Kier alpha value is -1.84. The number of benzene rings is 1. The highest BCUT2D eigenvalue weighted by atomic mass is 16.4. The number of aromatic carboxylic acids is 2. The average molecular weight is 334 g/mol. The van der Waals surface area contributed by atoms with E-state index in [-0.39, 0.29) is 11.1 Å². The number of unbranched alkanes of at least 4 members (excludes halogenated alkanes) is 6. The quantitative estimate of drug-likeness (QED) is 0.507. The lowest BCUT2D eigenvalue weighted by Gasteiger charge is -2.16. The van der Waals surface area contributed by atoms with E-state index < -0.39 is 11.9 Å². The lowest BCUT2D eigenvalue weighted by atomic mass is 9.89. The predicted molar refractivity (Wildman–Crippen MR) is 96.1 cm³/mol. The summed E-state index contributed by atoms with van der Waals surface area (Å²) in [5, 5.41) is 19.0. The first-order chi connectivity index (χ1) is 11.5. The molecule has 0 saturated carbocycles. The Bertz CT molecular complexity index is 500. The summed E-state index contributed by atoms with van der Waals surface area (Å²) < 4.78 is 0. The van der Waals surface area contributed by atoms with Gasteiger partial charge in [0.25, 0.3) is 0 Å². The van der Waals surface area contributed by atoms with Gasteiger partial charge in [-0.2, -0.15) is 0 Å². The molecule has 0 unspecified atom stereocenters. The molecular formula is C20H30O4. The van der Waals surface area contributed by atoms with E-state index in [0.717, 1.165) is 62.5 Å². The van der Waals surface area contributed by atoms with Crippen molar-refractivity contribution in [3.8, 4) is 0 Å². The highest BCUT2D eigenvalue weighted by molar-refractivity contribution is 5.95. The lowest BCUT2D eigenvalue weighted by molar-refractivity contribution is 0.0679. The molecule has 4 heteroatoms. The van der Waals surface area contributed by atoms with Crippen molar-refractivity contribution in [3.63, 3.8) is 0 Å². The predicted octanol–water partition coefficient (Wildman–Crippen LogP) is 5.33. The van der Waals surface area contributed by atoms with Crippen LogP contribution < -0.4 is 0 Å². The molecule has 134 valence electrons. The van der Waals surface area contributed by atoms with Crippen molar-refractivity contribution >= 4 is 11.9 Å². The van der Waals surface area contributed by atoms with Crippen molar-refractivity contribution < 1.29 is 19.8 Å². The summed E-state index contributed by atoms with van der Waals surface area (Å²) in [5.41, 5.74) is 1.99. The highest BCUT2D eigenvalue weighted by Gasteiger charge is 2.20. The van der Waals surface area contributed by atoms with Gasteiger partial charge in [0.1, 0.15) is 0 Å². The molecule has 4 nitrogen and oxygen atoms in total. The molecule has 1 aromatic rings. The van der Waals surface area contributed by atoms with Crippen molar-refractivity contribution in [3.05, 3.63) is 34.4 Å². The fourth-order valence-electron chi connectivity index (χ4n) is 3.12. The van der Waals surface area contributed by atoms with Gasteiger partial charge in [0.05, 0.1) is 11.1 Å². The molecule has 0 radical (unpaired) electrons. The highest BCUT2D eigenvalue weighted by Crippen LogP contribution is 2.25. The zero-order valence-electron chi connectivity index (χ0n) is 14.9. The van der Waals surface area contributed by atoms with E-state index in [0.29, 0.717) is 12.8 Å². The second kappa shape index (κ2) is 10.8. The molecular weight excluding hydrogens is 304 g/mol. The van der Waals surface area contributed by atoms with Crippen LogP contribution in [0, 0.1) is 0 Å². The van der Waals surface area contributed by atoms with Gasteiger partial charge in [-0.1, -0.05) is 52.4 Å². The molecule has 0 spiro atoms. The van der Waals surface area contributed by atoms with E-state index >= 15 is 0 Å². The van der Waals surface area contributed by atoms with Crippen LogP contribution in [0.4, 0.5) is 0 Å². The second-order valence-corrected chi connectivity index (χ2v) is 6.35. The van der Waals surface area contributed by atoms with Crippen LogP contribution in [0.1, 0.15) is 97.1 Å². The maximum absolute atomic E-state index is 11.6. The SMILES string of the molecule is CCCCCCc1c(C(=O)O)ccc(C(=O)O)c1CCCCCC. The van der Waals surface area contributed by atoms with E-state index in [1.54, 1.807) is 0 Å². The molecule has 0 amide bonds. The summed E-state index contributed by atoms with van der Waals surface area (Å²) in [7, 11) is 0. The molecule has 0 fully saturated rings. The Kier molecular flexibility index (Phi) is 9.13. The summed E-state index contributed by atoms with van der Waals surface area (Å²) in [5.74, 6) is -1.93. The van der Waals surface area contributed by atoms with Crippen LogP contribution in [0.15, 0.2) is 12.1 Å². The Balaban J connectivity index is 3.11. The molecule has 0 saturated heterocycles. The zero-order chi connectivity index (χ0) is 17.9. The summed E-state index contributed by atoms with van der Waals surface area (Å²) in [4.78, 5) is 23.1. The maximum Gasteiger partial charge on any atom is 0.335 e. The van der Waals surface area contributed by atoms with E-state index in [4.69, 9.17) is 0 Å². The Morgan fingerprint density at radius 2 is 1.08 bits per heavy atom. The van der Waals surface area contributed by atoms with Gasteiger partial charge in [-0.05, 0) is 48.9 Å².